The van der Waals surface area contributed by atoms with E-state index in [1.54, 1.807) is 0 Å². The lowest BCUT2D eigenvalue weighted by Gasteiger charge is -2.14. The van der Waals surface area contributed by atoms with Gasteiger partial charge in [0, 0.05) is 6.92 Å². The minimum atomic E-state index is -0.752. The molecule has 0 fully saturated rings. The van der Waals surface area contributed by atoms with Crippen molar-refractivity contribution in [3.8, 4) is 0 Å². The Balaban J connectivity index is 3.71. The van der Waals surface area contributed by atoms with Crippen LogP contribution in [0, 0.1) is 0 Å². The Hall–Kier alpha value is -0.870. The van der Waals surface area contributed by atoms with Gasteiger partial charge in [0.15, 0.2) is 0 Å². The predicted octanol–water partition coefficient (Wildman–Crippen LogP) is 0.237. The van der Waals surface area contributed by atoms with Gasteiger partial charge in [-0.1, -0.05) is 12.7 Å². The normalized spacial score (nSPS) is 14.7. The summed E-state index contributed by atoms with van der Waals surface area (Å²) in [5.41, 5.74) is 0. The average Bonchev–Trinajstić information content (AvgIpc) is 2.10. The molecule has 0 amide bonds. The van der Waals surface area contributed by atoms with Crippen molar-refractivity contribution in [1.29, 1.82) is 0 Å². The first kappa shape index (κ1) is 12.1. The van der Waals surface area contributed by atoms with Crippen LogP contribution in [0.1, 0.15) is 19.8 Å². The minimum Gasteiger partial charge on any atom is -0.458 e. The Labute approximate surface area is 77.8 Å². The maximum Gasteiger partial charge on any atom is 0.303 e. The summed E-state index contributed by atoms with van der Waals surface area (Å²) < 4.78 is 4.84. The van der Waals surface area contributed by atoms with Gasteiger partial charge in [0.2, 0.25) is 0 Å². The van der Waals surface area contributed by atoms with Crippen LogP contribution in [-0.2, 0) is 9.53 Å². The summed E-state index contributed by atoms with van der Waals surface area (Å²) in [4.78, 5) is 10.5. The molecule has 76 valence electrons. The van der Waals surface area contributed by atoms with E-state index in [9.17, 15) is 4.79 Å². The molecule has 0 radical (unpaired) electrons. The van der Waals surface area contributed by atoms with E-state index < -0.39 is 6.10 Å². The van der Waals surface area contributed by atoms with Gasteiger partial charge in [-0.15, -0.1) is 0 Å². The number of carbonyl (C=O) groups is 1. The monoisotopic (exact) mass is 188 g/mol. The van der Waals surface area contributed by atoms with Crippen LogP contribution >= 0.6 is 0 Å². The van der Waals surface area contributed by atoms with Crippen LogP contribution in [0.4, 0.5) is 0 Å². The van der Waals surface area contributed by atoms with Gasteiger partial charge >= 0.3 is 5.97 Å². The molecule has 0 saturated heterocycles. The maximum absolute atomic E-state index is 10.5. The van der Waals surface area contributed by atoms with Crippen LogP contribution in [0.25, 0.3) is 0 Å². The fourth-order valence-electron chi connectivity index (χ4n) is 0.886. The summed E-state index contributed by atoms with van der Waals surface area (Å²) in [7, 11) is 0. The van der Waals surface area contributed by atoms with E-state index in [4.69, 9.17) is 14.9 Å². The number of carbonyl (C=O) groups excluding carboxylic acids is 1. The van der Waals surface area contributed by atoms with Crippen molar-refractivity contribution < 1.29 is 19.7 Å². The van der Waals surface area contributed by atoms with E-state index in [-0.39, 0.29) is 18.7 Å². The fraction of sp³-hybridized carbons (Fsp3) is 0.667. The molecule has 2 unspecified atom stereocenters. The topological polar surface area (TPSA) is 66.8 Å². The van der Waals surface area contributed by atoms with Crippen LogP contribution in [0.15, 0.2) is 12.7 Å². The highest BCUT2D eigenvalue weighted by Crippen LogP contribution is 2.06. The first-order valence-corrected chi connectivity index (χ1v) is 4.18. The van der Waals surface area contributed by atoms with Crippen molar-refractivity contribution in [2.45, 2.75) is 32.0 Å². The van der Waals surface area contributed by atoms with Gasteiger partial charge in [-0.25, -0.2) is 0 Å². The second kappa shape index (κ2) is 6.62. The minimum absolute atomic E-state index is 0.274. The molecular formula is C9H16O4. The summed E-state index contributed by atoms with van der Waals surface area (Å²) in [6.45, 7) is 4.54. The predicted molar refractivity (Wildman–Crippen MR) is 48.1 cm³/mol. The smallest absolute Gasteiger partial charge is 0.303 e. The first-order valence-electron chi connectivity index (χ1n) is 4.18. The Morgan fingerprint density at radius 3 is 2.62 bits per heavy atom. The Kier molecular flexibility index (Phi) is 6.18. The number of hydrogen-bond acceptors (Lipinski definition) is 4. The van der Waals surface area contributed by atoms with Crippen LogP contribution < -0.4 is 0 Å². The molecule has 13 heavy (non-hydrogen) atoms. The number of aliphatic hydroxyl groups is 2. The first-order chi connectivity index (χ1) is 6.10. The van der Waals surface area contributed by atoms with Crippen molar-refractivity contribution in [2.24, 2.45) is 0 Å². The second-order valence-electron chi connectivity index (χ2n) is 2.80. The Morgan fingerprint density at radius 1 is 1.62 bits per heavy atom. The largest absolute Gasteiger partial charge is 0.458 e. The van der Waals surface area contributed by atoms with E-state index in [1.807, 2.05) is 0 Å². The summed E-state index contributed by atoms with van der Waals surface area (Å²) >= 11 is 0. The zero-order chi connectivity index (χ0) is 10.3. The molecule has 0 saturated carbocycles. The summed E-state index contributed by atoms with van der Waals surface area (Å²) in [6, 6.07) is 0. The lowest BCUT2D eigenvalue weighted by Crippen LogP contribution is -2.18. The highest BCUT2D eigenvalue weighted by molar-refractivity contribution is 5.66. The quantitative estimate of drug-likeness (QED) is 0.463. The third kappa shape index (κ3) is 6.31. The molecule has 2 atom stereocenters. The van der Waals surface area contributed by atoms with Gasteiger partial charge in [0.25, 0.3) is 0 Å². The summed E-state index contributed by atoms with van der Waals surface area (Å²) in [6.07, 6.45) is 1.24. The van der Waals surface area contributed by atoms with Crippen molar-refractivity contribution in [3.63, 3.8) is 0 Å². The van der Waals surface area contributed by atoms with Gasteiger partial charge in [-0.2, -0.15) is 0 Å². The molecule has 2 N–H and O–H groups in total. The van der Waals surface area contributed by atoms with Crippen molar-refractivity contribution >= 4 is 5.97 Å². The maximum atomic E-state index is 10.5. The third-order valence-electron chi connectivity index (χ3n) is 1.58. The molecule has 4 heteroatoms. The van der Waals surface area contributed by atoms with E-state index in [1.165, 1.54) is 13.0 Å². The third-order valence-corrected chi connectivity index (χ3v) is 1.58. The number of hydrogen-bond donors (Lipinski definition) is 2. The van der Waals surface area contributed by atoms with E-state index in [0.29, 0.717) is 12.8 Å². The number of ether oxygens (including phenoxy) is 1. The van der Waals surface area contributed by atoms with Crippen LogP contribution in [-0.4, -0.2) is 35.0 Å². The zero-order valence-corrected chi connectivity index (χ0v) is 7.77. The number of aliphatic hydroxyl groups excluding tert-OH is 2. The lowest BCUT2D eigenvalue weighted by molar-refractivity contribution is -0.144. The van der Waals surface area contributed by atoms with E-state index >= 15 is 0 Å². The fourth-order valence-corrected chi connectivity index (χ4v) is 0.886. The molecule has 0 spiro atoms. The molecule has 4 nitrogen and oxygen atoms in total. The van der Waals surface area contributed by atoms with Gasteiger partial charge in [-0.3, -0.25) is 4.79 Å². The standard InChI is InChI=1S/C9H16O4/c1-3-9(13-7(2)11)5-4-8(12)6-10/h3,8-10,12H,1,4-6H2,2H3. The van der Waals surface area contributed by atoms with Crippen molar-refractivity contribution in [1.82, 2.24) is 0 Å². The van der Waals surface area contributed by atoms with Crippen molar-refractivity contribution in [3.05, 3.63) is 12.7 Å². The summed E-state index contributed by atoms with van der Waals surface area (Å²) in [5.74, 6) is -0.372. The van der Waals surface area contributed by atoms with E-state index in [2.05, 4.69) is 6.58 Å². The average molecular weight is 188 g/mol. The molecule has 0 aliphatic heterocycles. The molecule has 0 rings (SSSR count). The molecule has 0 aromatic rings. The Bertz CT molecular complexity index is 167. The van der Waals surface area contributed by atoms with Crippen LogP contribution in [0.3, 0.4) is 0 Å². The highest BCUT2D eigenvalue weighted by atomic mass is 16.5. The lowest BCUT2D eigenvalue weighted by atomic mass is 10.1. The van der Waals surface area contributed by atoms with Gasteiger partial charge in [0.05, 0.1) is 12.7 Å². The molecule has 0 aliphatic rings. The second-order valence-corrected chi connectivity index (χ2v) is 2.80. The van der Waals surface area contributed by atoms with Gasteiger partial charge < -0.3 is 14.9 Å². The zero-order valence-electron chi connectivity index (χ0n) is 7.77. The molecule has 0 bridgehead atoms. The SMILES string of the molecule is C=CC(CCC(O)CO)OC(C)=O. The van der Waals surface area contributed by atoms with Crippen LogP contribution in [0.5, 0.6) is 0 Å². The molecule has 0 aromatic heterocycles. The number of rotatable bonds is 6. The summed E-state index contributed by atoms with van der Waals surface area (Å²) in [5, 5.41) is 17.5. The van der Waals surface area contributed by atoms with Crippen molar-refractivity contribution in [2.75, 3.05) is 6.61 Å². The highest BCUT2D eigenvalue weighted by Gasteiger charge is 2.10. The number of esters is 1. The van der Waals surface area contributed by atoms with Crippen LogP contribution in [0.2, 0.25) is 0 Å². The Morgan fingerprint density at radius 2 is 2.23 bits per heavy atom. The van der Waals surface area contributed by atoms with E-state index in [0.717, 1.165) is 0 Å². The molecule has 0 heterocycles. The van der Waals surface area contributed by atoms with Gasteiger partial charge in [0.1, 0.15) is 6.10 Å². The molecular weight excluding hydrogens is 172 g/mol. The molecule has 0 aliphatic carbocycles. The molecule has 0 aromatic carbocycles. The van der Waals surface area contributed by atoms with Gasteiger partial charge in [-0.05, 0) is 12.8 Å².